The summed E-state index contributed by atoms with van der Waals surface area (Å²) in [7, 11) is 1.44. The Hall–Kier alpha value is -2.12. The molecule has 6 nitrogen and oxygen atoms in total. The summed E-state index contributed by atoms with van der Waals surface area (Å²) in [6.07, 6.45) is 1.56. The average molecular weight is 260 g/mol. The van der Waals surface area contributed by atoms with E-state index in [2.05, 4.69) is 9.97 Å². The van der Waals surface area contributed by atoms with E-state index in [9.17, 15) is 10.0 Å². The predicted molar refractivity (Wildman–Crippen MR) is 70.4 cm³/mol. The fraction of sp³-hybridized carbons (Fsp3) is 0.167. The SMILES string of the molecule is COc1ncc(-c2cccc(B(O)O)c2)c(OC)n1. The Morgan fingerprint density at radius 1 is 1.16 bits per heavy atom. The third-order valence-corrected chi connectivity index (χ3v) is 2.60. The van der Waals surface area contributed by atoms with Crippen molar-refractivity contribution < 1.29 is 19.5 Å². The van der Waals surface area contributed by atoms with Gasteiger partial charge in [0.05, 0.1) is 19.8 Å². The van der Waals surface area contributed by atoms with Crippen LogP contribution in [0.15, 0.2) is 30.5 Å². The van der Waals surface area contributed by atoms with Crippen molar-refractivity contribution in [1.29, 1.82) is 0 Å². The molecule has 0 saturated carbocycles. The summed E-state index contributed by atoms with van der Waals surface area (Å²) in [4.78, 5) is 8.10. The predicted octanol–water partition coefficient (Wildman–Crippen LogP) is -0.159. The number of hydrogen-bond donors (Lipinski definition) is 2. The van der Waals surface area contributed by atoms with E-state index in [1.165, 1.54) is 14.2 Å². The number of hydrogen-bond acceptors (Lipinski definition) is 6. The van der Waals surface area contributed by atoms with Crippen LogP contribution < -0.4 is 14.9 Å². The number of methoxy groups -OCH3 is 2. The van der Waals surface area contributed by atoms with Gasteiger partial charge in [0.2, 0.25) is 5.88 Å². The minimum atomic E-state index is -1.52. The maximum Gasteiger partial charge on any atom is 0.488 e. The lowest BCUT2D eigenvalue weighted by atomic mass is 9.79. The molecule has 7 heteroatoms. The lowest BCUT2D eigenvalue weighted by molar-refractivity contribution is 0.353. The average Bonchev–Trinajstić information content (AvgIpc) is 2.46. The van der Waals surface area contributed by atoms with Crippen LogP contribution in [0.5, 0.6) is 11.9 Å². The van der Waals surface area contributed by atoms with Crippen molar-refractivity contribution in [3.63, 3.8) is 0 Å². The molecular formula is C12H13BN2O4. The van der Waals surface area contributed by atoms with Crippen molar-refractivity contribution in [1.82, 2.24) is 9.97 Å². The Morgan fingerprint density at radius 3 is 2.58 bits per heavy atom. The van der Waals surface area contributed by atoms with Crippen LogP contribution in [0, 0.1) is 0 Å². The zero-order valence-electron chi connectivity index (χ0n) is 10.6. The van der Waals surface area contributed by atoms with E-state index in [0.29, 0.717) is 16.9 Å². The van der Waals surface area contributed by atoms with Crippen molar-refractivity contribution in [3.05, 3.63) is 30.5 Å². The van der Waals surface area contributed by atoms with Crippen LogP contribution in [0.3, 0.4) is 0 Å². The van der Waals surface area contributed by atoms with E-state index in [-0.39, 0.29) is 6.01 Å². The molecule has 0 bridgehead atoms. The molecule has 0 aliphatic carbocycles. The smallest absolute Gasteiger partial charge is 0.480 e. The fourth-order valence-corrected chi connectivity index (χ4v) is 1.67. The molecule has 0 spiro atoms. The second kappa shape index (κ2) is 5.68. The summed E-state index contributed by atoms with van der Waals surface area (Å²) in [5.41, 5.74) is 1.76. The van der Waals surface area contributed by atoms with Crippen LogP contribution >= 0.6 is 0 Å². The highest BCUT2D eigenvalue weighted by Crippen LogP contribution is 2.27. The molecule has 0 fully saturated rings. The molecule has 0 aliphatic rings. The third-order valence-electron chi connectivity index (χ3n) is 2.60. The molecule has 0 amide bonds. The van der Waals surface area contributed by atoms with Gasteiger partial charge in [0.25, 0.3) is 0 Å². The molecule has 2 rings (SSSR count). The van der Waals surface area contributed by atoms with Crippen LogP contribution in [0.1, 0.15) is 0 Å². The molecule has 0 radical (unpaired) electrons. The summed E-state index contributed by atoms with van der Waals surface area (Å²) < 4.78 is 10.1. The topological polar surface area (TPSA) is 84.7 Å². The summed E-state index contributed by atoms with van der Waals surface area (Å²) in [5.74, 6) is 0.358. The van der Waals surface area contributed by atoms with Gasteiger partial charge in [-0.2, -0.15) is 4.98 Å². The molecule has 1 aromatic carbocycles. The first-order chi connectivity index (χ1) is 9.15. The van der Waals surface area contributed by atoms with Gasteiger partial charge in [0, 0.05) is 6.20 Å². The van der Waals surface area contributed by atoms with E-state index < -0.39 is 7.12 Å². The van der Waals surface area contributed by atoms with Crippen LogP contribution in [0.2, 0.25) is 0 Å². The van der Waals surface area contributed by atoms with Gasteiger partial charge in [0.1, 0.15) is 0 Å². The highest BCUT2D eigenvalue weighted by Gasteiger charge is 2.14. The Kier molecular flexibility index (Phi) is 3.98. The molecule has 1 aromatic heterocycles. The van der Waals surface area contributed by atoms with Crippen LogP contribution in [-0.4, -0.2) is 41.4 Å². The fourth-order valence-electron chi connectivity index (χ4n) is 1.67. The molecule has 2 N–H and O–H groups in total. The van der Waals surface area contributed by atoms with Gasteiger partial charge >= 0.3 is 13.1 Å². The zero-order chi connectivity index (χ0) is 13.8. The van der Waals surface area contributed by atoms with E-state index in [0.717, 1.165) is 5.56 Å². The second-order valence-corrected chi connectivity index (χ2v) is 3.78. The number of nitrogens with zero attached hydrogens (tertiary/aromatic N) is 2. The van der Waals surface area contributed by atoms with Crippen molar-refractivity contribution in [3.8, 4) is 23.0 Å². The summed E-state index contributed by atoms with van der Waals surface area (Å²) in [5, 5.41) is 18.4. The van der Waals surface area contributed by atoms with Gasteiger partial charge in [-0.25, -0.2) is 4.98 Å². The number of aromatic nitrogens is 2. The molecule has 0 unspecified atom stereocenters. The Morgan fingerprint density at radius 2 is 1.95 bits per heavy atom. The minimum absolute atomic E-state index is 0.207. The summed E-state index contributed by atoms with van der Waals surface area (Å²) in [6, 6.07) is 6.98. The standard InChI is InChI=1S/C12H13BN2O4/c1-18-11-10(7-14-12(15-11)19-2)8-4-3-5-9(6-8)13(16)17/h3-7,16-17H,1-2H3. The van der Waals surface area contributed by atoms with Crippen LogP contribution in [0.4, 0.5) is 0 Å². The Bertz CT molecular complexity index is 577. The maximum absolute atomic E-state index is 9.18. The molecule has 0 atom stereocenters. The first-order valence-electron chi connectivity index (χ1n) is 5.57. The van der Waals surface area contributed by atoms with Gasteiger partial charge in [-0.05, 0) is 11.0 Å². The van der Waals surface area contributed by atoms with Crippen LogP contribution in [-0.2, 0) is 0 Å². The first kappa shape index (κ1) is 13.3. The summed E-state index contributed by atoms with van der Waals surface area (Å²) >= 11 is 0. The molecule has 19 heavy (non-hydrogen) atoms. The van der Waals surface area contributed by atoms with Crippen molar-refractivity contribution in [2.45, 2.75) is 0 Å². The third kappa shape index (κ3) is 2.83. The molecular weight excluding hydrogens is 247 g/mol. The van der Waals surface area contributed by atoms with Crippen molar-refractivity contribution in [2.75, 3.05) is 14.2 Å². The highest BCUT2D eigenvalue weighted by molar-refractivity contribution is 6.58. The van der Waals surface area contributed by atoms with E-state index in [1.807, 2.05) is 0 Å². The van der Waals surface area contributed by atoms with E-state index in [4.69, 9.17) is 9.47 Å². The zero-order valence-corrected chi connectivity index (χ0v) is 10.6. The van der Waals surface area contributed by atoms with E-state index in [1.54, 1.807) is 30.5 Å². The van der Waals surface area contributed by atoms with Crippen molar-refractivity contribution >= 4 is 12.6 Å². The highest BCUT2D eigenvalue weighted by atomic mass is 16.5. The van der Waals surface area contributed by atoms with Crippen LogP contribution in [0.25, 0.3) is 11.1 Å². The number of benzene rings is 1. The Labute approximate surface area is 110 Å². The maximum atomic E-state index is 9.18. The van der Waals surface area contributed by atoms with Gasteiger partial charge in [-0.1, -0.05) is 24.3 Å². The quantitative estimate of drug-likeness (QED) is 0.743. The number of rotatable bonds is 4. The largest absolute Gasteiger partial charge is 0.488 e. The second-order valence-electron chi connectivity index (χ2n) is 3.78. The molecule has 1 heterocycles. The first-order valence-corrected chi connectivity index (χ1v) is 5.57. The summed E-state index contributed by atoms with van der Waals surface area (Å²) in [6.45, 7) is 0. The molecule has 0 aliphatic heterocycles. The monoisotopic (exact) mass is 260 g/mol. The van der Waals surface area contributed by atoms with Gasteiger partial charge in [-0.3, -0.25) is 0 Å². The van der Waals surface area contributed by atoms with E-state index >= 15 is 0 Å². The Balaban J connectivity index is 2.49. The number of ether oxygens (including phenoxy) is 2. The molecule has 0 saturated heterocycles. The lowest BCUT2D eigenvalue weighted by Gasteiger charge is -2.09. The van der Waals surface area contributed by atoms with Gasteiger partial charge in [0.15, 0.2) is 0 Å². The molecule has 2 aromatic rings. The molecule has 98 valence electrons. The normalized spacial score (nSPS) is 10.1. The minimum Gasteiger partial charge on any atom is -0.480 e. The lowest BCUT2D eigenvalue weighted by Crippen LogP contribution is -2.29. The van der Waals surface area contributed by atoms with Gasteiger partial charge < -0.3 is 19.5 Å². The van der Waals surface area contributed by atoms with Crippen molar-refractivity contribution in [2.24, 2.45) is 0 Å². The van der Waals surface area contributed by atoms with Gasteiger partial charge in [-0.15, -0.1) is 0 Å².